The average molecular weight is 356 g/mol. The Labute approximate surface area is 158 Å². The lowest BCUT2D eigenvalue weighted by molar-refractivity contribution is -0.124. The van der Waals surface area contributed by atoms with Gasteiger partial charge in [-0.15, -0.1) is 0 Å². The number of ketones is 1. The number of carbonyl (C=O) groups is 2. The molecular weight excluding hydrogens is 322 g/mol. The van der Waals surface area contributed by atoms with Gasteiger partial charge in [-0.2, -0.15) is 0 Å². The van der Waals surface area contributed by atoms with Crippen molar-refractivity contribution in [3.8, 4) is 0 Å². The van der Waals surface area contributed by atoms with Crippen LogP contribution in [0.25, 0.3) is 10.8 Å². The second-order valence-corrected chi connectivity index (χ2v) is 7.11. The van der Waals surface area contributed by atoms with Crippen LogP contribution in [0, 0.1) is 26.7 Å². The van der Waals surface area contributed by atoms with Gasteiger partial charge in [0, 0.05) is 29.6 Å². The van der Waals surface area contributed by atoms with E-state index in [0.717, 1.165) is 25.0 Å². The number of hydrogen-bond acceptors (Lipinski definition) is 3. The fraction of sp³-hybridized carbons (Fsp3) is 0.522. The van der Waals surface area contributed by atoms with Gasteiger partial charge >= 0.3 is 0 Å². The third kappa shape index (κ3) is 6.36. The molecule has 0 radical (unpaired) electrons. The topological polar surface area (TPSA) is 47.0 Å². The van der Waals surface area contributed by atoms with Gasteiger partial charge in [-0.25, -0.2) is 0 Å². The van der Waals surface area contributed by atoms with Crippen molar-refractivity contribution in [1.82, 2.24) is 4.98 Å². The smallest absolute Gasteiger partial charge is 0.135 e. The summed E-state index contributed by atoms with van der Waals surface area (Å²) in [5, 5.41) is 2.56. The summed E-state index contributed by atoms with van der Waals surface area (Å²) >= 11 is 0. The molecule has 2 aromatic rings. The number of carbonyl (C=O) groups excluding carboxylic acids is 2. The number of aromatic nitrogens is 1. The Morgan fingerprint density at radius 3 is 2.54 bits per heavy atom. The summed E-state index contributed by atoms with van der Waals surface area (Å²) in [6.45, 7) is 10.5. The van der Waals surface area contributed by atoms with Crippen LogP contribution >= 0.6 is 0 Å². The molecule has 3 nitrogen and oxygen atoms in total. The van der Waals surface area contributed by atoms with Gasteiger partial charge in [0.15, 0.2) is 0 Å². The number of unbranched alkanes of at least 4 members (excludes halogenated alkanes) is 1. The highest BCUT2D eigenvalue weighted by atomic mass is 16.1. The van der Waals surface area contributed by atoms with Gasteiger partial charge in [0.25, 0.3) is 0 Å². The minimum Gasteiger partial charge on any atom is -0.307 e. The lowest BCUT2D eigenvalue weighted by Gasteiger charge is -2.19. The summed E-state index contributed by atoms with van der Waals surface area (Å²) in [4.78, 5) is 23.6. The number of fused-ring (bicyclic) bond motifs is 1. The number of Topliss-reactive ketones (excluding diaryl/α,β-unsaturated/α-hetero) is 1. The van der Waals surface area contributed by atoms with Gasteiger partial charge in [-0.05, 0) is 51.0 Å². The van der Waals surface area contributed by atoms with Crippen molar-refractivity contribution in [2.24, 2.45) is 5.92 Å². The van der Waals surface area contributed by atoms with E-state index in [-0.39, 0.29) is 0 Å². The fourth-order valence-corrected chi connectivity index (χ4v) is 3.38. The normalized spacial score (nSPS) is 16.3. The van der Waals surface area contributed by atoms with Crippen molar-refractivity contribution in [3.05, 3.63) is 41.2 Å². The molecule has 0 aliphatic heterocycles. The van der Waals surface area contributed by atoms with Gasteiger partial charge in [0.2, 0.25) is 0 Å². The molecule has 0 amide bonds. The number of aryl methyl sites for hydroxylation is 3. The summed E-state index contributed by atoms with van der Waals surface area (Å²) in [6, 6.07) is 6.47. The second-order valence-electron chi connectivity index (χ2n) is 7.11. The molecule has 1 aromatic heterocycles. The Hall–Kier alpha value is -2.03. The summed E-state index contributed by atoms with van der Waals surface area (Å²) in [5.41, 5.74) is 3.72. The monoisotopic (exact) mass is 355 g/mol. The van der Waals surface area contributed by atoms with Crippen LogP contribution in [-0.2, 0) is 9.59 Å². The molecule has 26 heavy (non-hydrogen) atoms. The van der Waals surface area contributed by atoms with Crippen LogP contribution in [0.4, 0.5) is 0 Å². The predicted molar refractivity (Wildman–Crippen MR) is 110 cm³/mol. The van der Waals surface area contributed by atoms with Crippen LogP contribution in [0.15, 0.2) is 24.4 Å². The van der Waals surface area contributed by atoms with E-state index < -0.39 is 0 Å². The molecule has 1 aromatic carbocycles. The first-order chi connectivity index (χ1) is 12.5. The van der Waals surface area contributed by atoms with E-state index in [1.54, 1.807) is 0 Å². The van der Waals surface area contributed by atoms with E-state index in [2.05, 4.69) is 50.9 Å². The van der Waals surface area contributed by atoms with Gasteiger partial charge in [-0.1, -0.05) is 49.9 Å². The van der Waals surface area contributed by atoms with Gasteiger partial charge in [0.05, 0.1) is 0 Å². The van der Waals surface area contributed by atoms with Crippen molar-refractivity contribution < 1.29 is 9.59 Å². The van der Waals surface area contributed by atoms with E-state index in [1.807, 2.05) is 13.0 Å². The standard InChI is InChI=1S/C12H13N.C10H18O.CH2O/c1-8-4-5-11-7-13-10(3)9(2)12(11)6-8;1-2-3-6-9-7-4-5-8-10(9)11;1-2/h4-7H,1-3H3;9H,2-8H2,1H3;1H2. The minimum atomic E-state index is 0.434. The average Bonchev–Trinajstić information content (AvgIpc) is 2.67. The second kappa shape index (κ2) is 11.6. The van der Waals surface area contributed by atoms with Crippen molar-refractivity contribution in [2.45, 2.75) is 72.6 Å². The number of rotatable bonds is 3. The SMILES string of the molecule is C=O.CCCCC1CCCCC1=O.Cc1ccc2cnc(C)c(C)c2c1. The van der Waals surface area contributed by atoms with Crippen molar-refractivity contribution in [3.63, 3.8) is 0 Å². The Morgan fingerprint density at radius 2 is 1.88 bits per heavy atom. The third-order valence-electron chi connectivity index (χ3n) is 5.14. The van der Waals surface area contributed by atoms with Crippen molar-refractivity contribution in [2.75, 3.05) is 0 Å². The Kier molecular flexibility index (Phi) is 9.79. The highest BCUT2D eigenvalue weighted by Gasteiger charge is 2.20. The number of hydrogen-bond donors (Lipinski definition) is 0. The summed E-state index contributed by atoms with van der Waals surface area (Å²) < 4.78 is 0. The van der Waals surface area contributed by atoms with Gasteiger partial charge in [-0.3, -0.25) is 9.78 Å². The molecule has 0 bridgehead atoms. The highest BCUT2D eigenvalue weighted by molar-refractivity contribution is 5.85. The quantitative estimate of drug-likeness (QED) is 0.687. The fourth-order valence-electron chi connectivity index (χ4n) is 3.38. The molecule has 0 spiro atoms. The summed E-state index contributed by atoms with van der Waals surface area (Å²) in [5.74, 6) is 0.966. The predicted octanol–water partition coefficient (Wildman–Crippen LogP) is 5.91. The molecule has 1 aliphatic rings. The summed E-state index contributed by atoms with van der Waals surface area (Å²) in [7, 11) is 0. The summed E-state index contributed by atoms with van der Waals surface area (Å²) in [6.07, 6.45) is 9.99. The minimum absolute atomic E-state index is 0.434. The number of benzene rings is 1. The van der Waals surface area contributed by atoms with E-state index in [0.29, 0.717) is 11.7 Å². The van der Waals surface area contributed by atoms with Crippen LogP contribution in [0.3, 0.4) is 0 Å². The zero-order valence-electron chi connectivity index (χ0n) is 16.8. The maximum Gasteiger partial charge on any atom is 0.135 e. The molecular formula is C23H33NO2. The first kappa shape index (κ1) is 22.0. The van der Waals surface area contributed by atoms with Crippen LogP contribution in [0.5, 0.6) is 0 Å². The zero-order chi connectivity index (χ0) is 19.5. The molecule has 3 heteroatoms. The van der Waals surface area contributed by atoms with Crippen LogP contribution < -0.4 is 0 Å². The van der Waals surface area contributed by atoms with E-state index in [9.17, 15) is 4.79 Å². The molecule has 1 unspecified atom stereocenters. The maximum atomic E-state index is 11.3. The van der Waals surface area contributed by atoms with Crippen molar-refractivity contribution in [1.29, 1.82) is 0 Å². The molecule has 0 N–H and O–H groups in total. The third-order valence-corrected chi connectivity index (χ3v) is 5.14. The first-order valence-electron chi connectivity index (χ1n) is 9.67. The van der Waals surface area contributed by atoms with E-state index in [1.165, 1.54) is 47.6 Å². The van der Waals surface area contributed by atoms with E-state index in [4.69, 9.17) is 4.79 Å². The Morgan fingerprint density at radius 1 is 1.15 bits per heavy atom. The van der Waals surface area contributed by atoms with Crippen LogP contribution in [0.1, 0.15) is 68.7 Å². The molecule has 1 heterocycles. The largest absolute Gasteiger partial charge is 0.307 e. The molecule has 1 aliphatic carbocycles. The first-order valence-corrected chi connectivity index (χ1v) is 9.67. The van der Waals surface area contributed by atoms with Crippen LogP contribution in [0.2, 0.25) is 0 Å². The molecule has 1 atom stereocenters. The maximum absolute atomic E-state index is 11.3. The lowest BCUT2D eigenvalue weighted by atomic mass is 9.85. The zero-order valence-corrected chi connectivity index (χ0v) is 16.8. The molecule has 142 valence electrons. The van der Waals surface area contributed by atoms with Gasteiger partial charge < -0.3 is 4.79 Å². The lowest BCUT2D eigenvalue weighted by Crippen LogP contribution is -2.18. The number of nitrogens with zero attached hydrogens (tertiary/aromatic N) is 1. The molecule has 1 fully saturated rings. The Balaban J connectivity index is 0.000000241. The number of pyridine rings is 1. The van der Waals surface area contributed by atoms with Crippen molar-refractivity contribution >= 4 is 23.3 Å². The Bertz CT molecular complexity index is 703. The molecule has 1 saturated carbocycles. The van der Waals surface area contributed by atoms with Crippen LogP contribution in [-0.4, -0.2) is 17.6 Å². The molecule has 3 rings (SSSR count). The molecule has 0 saturated heterocycles. The van der Waals surface area contributed by atoms with E-state index >= 15 is 0 Å². The van der Waals surface area contributed by atoms with Gasteiger partial charge in [0.1, 0.15) is 12.6 Å². The highest BCUT2D eigenvalue weighted by Crippen LogP contribution is 2.24.